The zero-order chi connectivity index (χ0) is 15.0. The molecule has 1 aliphatic rings. The molecule has 21 heavy (non-hydrogen) atoms. The van der Waals surface area contributed by atoms with Crippen molar-refractivity contribution < 1.29 is 0 Å². The fraction of sp³-hybridized carbons (Fsp3) is 0.471. The van der Waals surface area contributed by atoms with E-state index in [2.05, 4.69) is 67.6 Å². The van der Waals surface area contributed by atoms with Crippen LogP contribution in [0.3, 0.4) is 0 Å². The molecule has 0 radical (unpaired) electrons. The summed E-state index contributed by atoms with van der Waals surface area (Å²) in [7, 11) is 0. The summed E-state index contributed by atoms with van der Waals surface area (Å²) < 4.78 is 0. The van der Waals surface area contributed by atoms with Gasteiger partial charge < -0.3 is 10.2 Å². The van der Waals surface area contributed by atoms with Crippen LogP contribution >= 0.6 is 11.3 Å². The summed E-state index contributed by atoms with van der Waals surface area (Å²) in [5, 5.41) is 6.92. The van der Waals surface area contributed by atoms with Crippen LogP contribution in [0, 0.1) is 0 Å². The van der Waals surface area contributed by atoms with E-state index in [0.29, 0.717) is 6.04 Å². The summed E-state index contributed by atoms with van der Waals surface area (Å²) in [5.41, 5.74) is 3.81. The molecule has 1 N–H and O–H groups in total. The van der Waals surface area contributed by atoms with Gasteiger partial charge in [0.1, 0.15) is 0 Å². The number of para-hydroxylation sites is 2. The first kappa shape index (κ1) is 14.4. The second-order valence-corrected chi connectivity index (χ2v) is 7.63. The number of fused-ring (bicyclic) bond motifs is 1. The van der Waals surface area contributed by atoms with Gasteiger partial charge in [0, 0.05) is 23.4 Å². The Labute approximate surface area is 131 Å². The van der Waals surface area contributed by atoms with E-state index in [-0.39, 0.29) is 5.41 Å². The van der Waals surface area contributed by atoms with Crippen molar-refractivity contribution in [3.05, 3.63) is 40.3 Å². The van der Waals surface area contributed by atoms with Crippen LogP contribution in [0.25, 0.3) is 0 Å². The number of nitrogens with zero attached hydrogens (tertiary/aromatic N) is 2. The standard InChI is InChI=1S/C17H23N3S/c1-12-9-18-14-7-5-6-8-15(14)20(12)10-13-11-21-16(19-13)17(2,3)4/h5-8,11-12,18H,9-10H2,1-4H3. The maximum atomic E-state index is 4.84. The van der Waals surface area contributed by atoms with Gasteiger partial charge >= 0.3 is 0 Å². The summed E-state index contributed by atoms with van der Waals surface area (Å²) in [6.07, 6.45) is 0. The Kier molecular flexibility index (Phi) is 3.66. The van der Waals surface area contributed by atoms with Crippen LogP contribution < -0.4 is 10.2 Å². The lowest BCUT2D eigenvalue weighted by Gasteiger charge is -2.37. The molecular formula is C17H23N3S. The van der Waals surface area contributed by atoms with Crippen LogP contribution in [0.4, 0.5) is 11.4 Å². The topological polar surface area (TPSA) is 28.2 Å². The molecule has 0 amide bonds. The molecule has 1 aliphatic heterocycles. The highest BCUT2D eigenvalue weighted by Gasteiger charge is 2.24. The molecule has 2 aromatic rings. The highest BCUT2D eigenvalue weighted by Crippen LogP contribution is 2.33. The molecule has 0 spiro atoms. The summed E-state index contributed by atoms with van der Waals surface area (Å²) in [6.45, 7) is 10.8. The summed E-state index contributed by atoms with van der Waals surface area (Å²) in [6, 6.07) is 9.00. The molecule has 2 heterocycles. The Morgan fingerprint density at radius 3 is 2.81 bits per heavy atom. The normalized spacial score (nSPS) is 18.3. The number of anilines is 2. The van der Waals surface area contributed by atoms with Crippen molar-refractivity contribution >= 4 is 22.7 Å². The number of aromatic nitrogens is 1. The van der Waals surface area contributed by atoms with Gasteiger partial charge in [-0.15, -0.1) is 11.3 Å². The van der Waals surface area contributed by atoms with E-state index in [0.717, 1.165) is 13.1 Å². The summed E-state index contributed by atoms with van der Waals surface area (Å²) >= 11 is 1.77. The predicted molar refractivity (Wildman–Crippen MR) is 91.4 cm³/mol. The minimum Gasteiger partial charge on any atom is -0.381 e. The third-order valence-electron chi connectivity index (χ3n) is 3.86. The van der Waals surface area contributed by atoms with Crippen LogP contribution in [-0.2, 0) is 12.0 Å². The zero-order valence-electron chi connectivity index (χ0n) is 13.2. The monoisotopic (exact) mass is 301 g/mol. The second kappa shape index (κ2) is 5.34. The van der Waals surface area contributed by atoms with Crippen molar-refractivity contribution in [1.82, 2.24) is 4.98 Å². The summed E-state index contributed by atoms with van der Waals surface area (Å²) in [5.74, 6) is 0. The van der Waals surface area contributed by atoms with Gasteiger partial charge in [0.15, 0.2) is 0 Å². The zero-order valence-corrected chi connectivity index (χ0v) is 14.0. The maximum absolute atomic E-state index is 4.84. The van der Waals surface area contributed by atoms with Gasteiger partial charge in [-0.25, -0.2) is 4.98 Å². The number of thiazole rings is 1. The molecule has 1 unspecified atom stereocenters. The Balaban J connectivity index is 1.86. The molecule has 3 rings (SSSR count). The first-order chi connectivity index (χ1) is 9.95. The van der Waals surface area contributed by atoms with Gasteiger partial charge in [0.2, 0.25) is 0 Å². The average molecular weight is 301 g/mol. The van der Waals surface area contributed by atoms with Gasteiger partial charge in [0.05, 0.1) is 28.6 Å². The number of nitrogens with one attached hydrogen (secondary N) is 1. The number of rotatable bonds is 2. The molecule has 3 nitrogen and oxygen atoms in total. The number of hydrogen-bond acceptors (Lipinski definition) is 4. The van der Waals surface area contributed by atoms with Crippen LogP contribution in [0.5, 0.6) is 0 Å². The lowest BCUT2D eigenvalue weighted by Crippen LogP contribution is -2.41. The van der Waals surface area contributed by atoms with Crippen LogP contribution in [0.1, 0.15) is 38.4 Å². The van der Waals surface area contributed by atoms with Crippen LogP contribution in [0.15, 0.2) is 29.6 Å². The quantitative estimate of drug-likeness (QED) is 0.898. The van der Waals surface area contributed by atoms with E-state index in [9.17, 15) is 0 Å². The van der Waals surface area contributed by atoms with E-state index in [1.807, 2.05) is 0 Å². The Morgan fingerprint density at radius 1 is 1.33 bits per heavy atom. The van der Waals surface area contributed by atoms with Gasteiger partial charge in [-0.3, -0.25) is 0 Å². The Hall–Kier alpha value is -1.55. The third-order valence-corrected chi connectivity index (χ3v) is 5.18. The van der Waals surface area contributed by atoms with E-state index < -0.39 is 0 Å². The molecule has 4 heteroatoms. The van der Waals surface area contributed by atoms with Crippen molar-refractivity contribution in [3.8, 4) is 0 Å². The lowest BCUT2D eigenvalue weighted by molar-refractivity contribution is 0.579. The SMILES string of the molecule is CC1CNc2ccccc2N1Cc1csc(C(C)(C)C)n1. The van der Waals surface area contributed by atoms with Gasteiger partial charge in [0.25, 0.3) is 0 Å². The molecule has 0 saturated heterocycles. The number of benzene rings is 1. The minimum atomic E-state index is 0.135. The van der Waals surface area contributed by atoms with Gasteiger partial charge in [-0.2, -0.15) is 0 Å². The molecule has 0 bridgehead atoms. The molecule has 0 fully saturated rings. The fourth-order valence-electron chi connectivity index (χ4n) is 2.62. The molecule has 1 aromatic carbocycles. The largest absolute Gasteiger partial charge is 0.381 e. The van der Waals surface area contributed by atoms with Gasteiger partial charge in [-0.1, -0.05) is 32.9 Å². The molecule has 0 aliphatic carbocycles. The van der Waals surface area contributed by atoms with Crippen molar-refractivity contribution in [3.63, 3.8) is 0 Å². The highest BCUT2D eigenvalue weighted by atomic mass is 32.1. The van der Waals surface area contributed by atoms with Crippen molar-refractivity contribution in [1.29, 1.82) is 0 Å². The Bertz CT molecular complexity index is 627. The van der Waals surface area contributed by atoms with Crippen molar-refractivity contribution in [2.45, 2.75) is 45.7 Å². The molecular weight excluding hydrogens is 278 g/mol. The Morgan fingerprint density at radius 2 is 2.10 bits per heavy atom. The smallest absolute Gasteiger partial charge is 0.0982 e. The first-order valence-electron chi connectivity index (χ1n) is 7.49. The fourth-order valence-corrected chi connectivity index (χ4v) is 3.52. The summed E-state index contributed by atoms with van der Waals surface area (Å²) in [4.78, 5) is 7.29. The van der Waals surface area contributed by atoms with Gasteiger partial charge in [-0.05, 0) is 19.1 Å². The van der Waals surface area contributed by atoms with Crippen molar-refractivity contribution in [2.24, 2.45) is 0 Å². The van der Waals surface area contributed by atoms with Crippen molar-refractivity contribution in [2.75, 3.05) is 16.8 Å². The molecule has 112 valence electrons. The average Bonchev–Trinajstić information content (AvgIpc) is 2.91. The first-order valence-corrected chi connectivity index (χ1v) is 8.37. The lowest BCUT2D eigenvalue weighted by atomic mass is 9.98. The molecule has 0 saturated carbocycles. The second-order valence-electron chi connectivity index (χ2n) is 6.77. The molecule has 1 aromatic heterocycles. The van der Waals surface area contributed by atoms with Crippen LogP contribution in [0.2, 0.25) is 0 Å². The predicted octanol–water partition coefficient (Wildman–Crippen LogP) is 4.26. The van der Waals surface area contributed by atoms with E-state index >= 15 is 0 Å². The highest BCUT2D eigenvalue weighted by molar-refractivity contribution is 7.09. The van der Waals surface area contributed by atoms with E-state index in [4.69, 9.17) is 4.98 Å². The van der Waals surface area contributed by atoms with Crippen LogP contribution in [-0.4, -0.2) is 17.6 Å². The van der Waals surface area contributed by atoms with E-state index in [1.54, 1.807) is 11.3 Å². The van der Waals surface area contributed by atoms with E-state index in [1.165, 1.54) is 22.1 Å². The maximum Gasteiger partial charge on any atom is 0.0982 e. The minimum absolute atomic E-state index is 0.135. The molecule has 1 atom stereocenters. The number of hydrogen-bond donors (Lipinski definition) is 1. The third kappa shape index (κ3) is 2.91.